The summed E-state index contributed by atoms with van der Waals surface area (Å²) in [4.78, 5) is 6.38. The molecule has 1 aliphatic heterocycles. The molecule has 0 saturated heterocycles. The lowest BCUT2D eigenvalue weighted by Crippen LogP contribution is -2.26. The highest BCUT2D eigenvalue weighted by molar-refractivity contribution is 7.93. The lowest BCUT2D eigenvalue weighted by atomic mass is 10.2. The monoisotopic (exact) mass is 337 g/mol. The number of sulfonamides is 1. The fourth-order valence-corrected chi connectivity index (χ4v) is 4.60. The molecule has 0 spiro atoms. The SMILES string of the molecule is CCN1c2ccc(C)c(Cl)c2S(=O)(=O)N(C)c2cccnc21. The number of anilines is 3. The molecule has 0 unspecified atom stereocenters. The topological polar surface area (TPSA) is 53.5 Å². The smallest absolute Gasteiger partial charge is 0.267 e. The Bertz CT molecular complexity index is 852. The van der Waals surface area contributed by atoms with Crippen LogP contribution in [0.15, 0.2) is 35.4 Å². The van der Waals surface area contributed by atoms with Crippen LogP contribution in [-0.2, 0) is 10.0 Å². The van der Waals surface area contributed by atoms with Crippen molar-refractivity contribution in [2.24, 2.45) is 0 Å². The first kappa shape index (κ1) is 15.1. The van der Waals surface area contributed by atoms with Crippen LogP contribution in [0.3, 0.4) is 0 Å². The molecular formula is C15H16ClN3O2S. The van der Waals surface area contributed by atoms with Gasteiger partial charge in [-0.3, -0.25) is 4.31 Å². The zero-order valence-electron chi connectivity index (χ0n) is 12.5. The van der Waals surface area contributed by atoms with Gasteiger partial charge in [0.15, 0.2) is 5.82 Å². The maximum Gasteiger partial charge on any atom is 0.267 e. The van der Waals surface area contributed by atoms with Gasteiger partial charge >= 0.3 is 0 Å². The molecular weight excluding hydrogens is 322 g/mol. The van der Waals surface area contributed by atoms with E-state index in [1.54, 1.807) is 31.3 Å². The molecule has 1 aliphatic rings. The van der Waals surface area contributed by atoms with E-state index < -0.39 is 10.0 Å². The van der Waals surface area contributed by atoms with Gasteiger partial charge in [0.1, 0.15) is 4.90 Å². The number of hydrogen-bond acceptors (Lipinski definition) is 4. The maximum absolute atomic E-state index is 13.0. The molecule has 22 heavy (non-hydrogen) atoms. The fourth-order valence-electron chi connectivity index (χ4n) is 2.65. The number of aryl methyl sites for hydroxylation is 1. The van der Waals surface area contributed by atoms with Crippen LogP contribution in [0.2, 0.25) is 5.02 Å². The molecule has 0 aliphatic carbocycles. The number of halogens is 1. The molecule has 0 saturated carbocycles. The molecule has 0 N–H and O–H groups in total. The zero-order chi connectivity index (χ0) is 16.1. The Kier molecular flexibility index (Phi) is 3.53. The molecule has 1 aromatic carbocycles. The van der Waals surface area contributed by atoms with Crippen LogP contribution in [-0.4, -0.2) is 27.0 Å². The summed E-state index contributed by atoms with van der Waals surface area (Å²) in [7, 11) is -2.22. The van der Waals surface area contributed by atoms with Crippen LogP contribution < -0.4 is 9.21 Å². The number of fused-ring (bicyclic) bond motifs is 2. The van der Waals surface area contributed by atoms with E-state index in [1.165, 1.54) is 11.4 Å². The van der Waals surface area contributed by atoms with E-state index >= 15 is 0 Å². The van der Waals surface area contributed by atoms with Crippen molar-refractivity contribution in [2.75, 3.05) is 22.8 Å². The number of nitrogens with zero attached hydrogens (tertiary/aromatic N) is 3. The number of benzene rings is 1. The molecule has 1 aromatic heterocycles. The number of pyridine rings is 1. The van der Waals surface area contributed by atoms with Crippen molar-refractivity contribution in [2.45, 2.75) is 18.7 Å². The average molecular weight is 338 g/mol. The average Bonchev–Trinajstić information content (AvgIpc) is 2.57. The summed E-state index contributed by atoms with van der Waals surface area (Å²) in [6, 6.07) is 7.08. The zero-order valence-corrected chi connectivity index (χ0v) is 14.1. The Hall–Kier alpha value is -1.79. The molecule has 0 bridgehead atoms. The summed E-state index contributed by atoms with van der Waals surface area (Å²) in [6.07, 6.45) is 1.66. The van der Waals surface area contributed by atoms with Gasteiger partial charge in [-0.2, -0.15) is 0 Å². The van der Waals surface area contributed by atoms with E-state index in [9.17, 15) is 8.42 Å². The van der Waals surface area contributed by atoms with Crippen molar-refractivity contribution in [1.82, 2.24) is 4.98 Å². The normalized spacial score (nSPS) is 16.0. The van der Waals surface area contributed by atoms with E-state index in [2.05, 4.69) is 4.98 Å². The van der Waals surface area contributed by atoms with Gasteiger partial charge in [0.25, 0.3) is 10.0 Å². The van der Waals surface area contributed by atoms with Crippen molar-refractivity contribution in [3.63, 3.8) is 0 Å². The van der Waals surface area contributed by atoms with Crippen molar-refractivity contribution in [3.05, 3.63) is 41.0 Å². The van der Waals surface area contributed by atoms with Crippen LogP contribution in [0.4, 0.5) is 17.2 Å². The predicted molar refractivity (Wildman–Crippen MR) is 88.7 cm³/mol. The number of hydrogen-bond donors (Lipinski definition) is 0. The lowest BCUT2D eigenvalue weighted by molar-refractivity contribution is 0.595. The van der Waals surface area contributed by atoms with Gasteiger partial charge in [0.05, 0.1) is 16.4 Å². The molecule has 2 heterocycles. The van der Waals surface area contributed by atoms with Gasteiger partial charge in [0, 0.05) is 19.8 Å². The highest BCUT2D eigenvalue weighted by Gasteiger charge is 2.36. The van der Waals surface area contributed by atoms with Gasteiger partial charge in [-0.25, -0.2) is 13.4 Å². The molecule has 2 aromatic rings. The summed E-state index contributed by atoms with van der Waals surface area (Å²) in [6.45, 7) is 4.33. The Morgan fingerprint density at radius 1 is 1.23 bits per heavy atom. The van der Waals surface area contributed by atoms with Crippen LogP contribution in [0.25, 0.3) is 0 Å². The molecule has 5 nitrogen and oxygen atoms in total. The Labute approximate surface area is 135 Å². The van der Waals surface area contributed by atoms with E-state index in [4.69, 9.17) is 11.6 Å². The van der Waals surface area contributed by atoms with Crippen molar-refractivity contribution in [3.8, 4) is 0 Å². The predicted octanol–water partition coefficient (Wildman–Crippen LogP) is 3.34. The molecule has 0 amide bonds. The third-order valence-corrected chi connectivity index (χ3v) is 6.30. The Balaban J connectivity index is 2.46. The van der Waals surface area contributed by atoms with Gasteiger partial charge in [-0.05, 0) is 37.6 Å². The molecule has 0 atom stereocenters. The Morgan fingerprint density at radius 3 is 2.64 bits per heavy atom. The van der Waals surface area contributed by atoms with E-state index in [0.29, 0.717) is 23.7 Å². The minimum Gasteiger partial charge on any atom is -0.324 e. The first-order chi connectivity index (χ1) is 10.4. The first-order valence-electron chi connectivity index (χ1n) is 6.90. The summed E-state index contributed by atoms with van der Waals surface area (Å²) in [5, 5.41) is 0.260. The summed E-state index contributed by atoms with van der Waals surface area (Å²) in [5.74, 6) is 0.606. The second-order valence-electron chi connectivity index (χ2n) is 5.11. The lowest BCUT2D eigenvalue weighted by Gasteiger charge is -2.23. The summed E-state index contributed by atoms with van der Waals surface area (Å²) in [5.41, 5.74) is 1.82. The summed E-state index contributed by atoms with van der Waals surface area (Å²) >= 11 is 6.35. The summed E-state index contributed by atoms with van der Waals surface area (Å²) < 4.78 is 27.3. The largest absolute Gasteiger partial charge is 0.324 e. The Morgan fingerprint density at radius 2 is 1.95 bits per heavy atom. The van der Waals surface area contributed by atoms with Crippen LogP contribution in [0.1, 0.15) is 12.5 Å². The minimum absolute atomic E-state index is 0.136. The molecule has 0 fully saturated rings. The standard InChI is InChI=1S/C15H16ClN3O2S/c1-4-19-11-8-7-10(2)13(16)14(11)22(20,21)18(3)12-6-5-9-17-15(12)19/h5-9H,4H2,1-3H3. The van der Waals surface area contributed by atoms with Crippen LogP contribution >= 0.6 is 11.6 Å². The second kappa shape index (κ2) is 5.14. The molecule has 7 heteroatoms. The molecule has 0 radical (unpaired) electrons. The third kappa shape index (κ3) is 1.98. The number of aromatic nitrogens is 1. The van der Waals surface area contributed by atoms with E-state index in [-0.39, 0.29) is 9.92 Å². The second-order valence-corrected chi connectivity index (χ2v) is 7.39. The van der Waals surface area contributed by atoms with Gasteiger partial charge in [-0.15, -0.1) is 0 Å². The molecule has 3 rings (SSSR count). The van der Waals surface area contributed by atoms with Gasteiger partial charge in [-0.1, -0.05) is 17.7 Å². The van der Waals surface area contributed by atoms with Crippen LogP contribution in [0, 0.1) is 6.92 Å². The van der Waals surface area contributed by atoms with E-state index in [1.807, 2.05) is 17.9 Å². The highest BCUT2D eigenvalue weighted by atomic mass is 35.5. The van der Waals surface area contributed by atoms with Crippen molar-refractivity contribution in [1.29, 1.82) is 0 Å². The third-order valence-electron chi connectivity index (χ3n) is 3.86. The molecule has 116 valence electrons. The maximum atomic E-state index is 13.0. The fraction of sp³-hybridized carbons (Fsp3) is 0.267. The highest BCUT2D eigenvalue weighted by Crippen LogP contribution is 2.45. The number of rotatable bonds is 1. The van der Waals surface area contributed by atoms with Crippen molar-refractivity contribution >= 4 is 38.8 Å². The van der Waals surface area contributed by atoms with Crippen molar-refractivity contribution < 1.29 is 8.42 Å². The minimum atomic E-state index is -3.75. The quantitative estimate of drug-likeness (QED) is 0.801. The van der Waals surface area contributed by atoms with Gasteiger partial charge < -0.3 is 4.90 Å². The van der Waals surface area contributed by atoms with Gasteiger partial charge in [0.2, 0.25) is 0 Å². The van der Waals surface area contributed by atoms with Crippen LogP contribution in [0.5, 0.6) is 0 Å². The van der Waals surface area contributed by atoms with E-state index in [0.717, 1.165) is 5.56 Å². The first-order valence-corrected chi connectivity index (χ1v) is 8.72.